The minimum atomic E-state index is -4.98. The standard InChI is InChI=1S/C13H11F4N3O3/c1-22-8-3-2-7(14)9-5(8)4-6(11(21)20-12(18)19)10(23-9)13(15,16)17/h2-4,10H,1H3,(H4,18,19,20,21). The molecule has 124 valence electrons. The van der Waals surface area contributed by atoms with Gasteiger partial charge in [-0.2, -0.15) is 18.2 Å². The molecule has 4 N–H and O–H groups in total. The first kappa shape index (κ1) is 16.6. The van der Waals surface area contributed by atoms with Crippen LogP contribution in [0.15, 0.2) is 22.7 Å². The van der Waals surface area contributed by atoms with E-state index >= 15 is 0 Å². The van der Waals surface area contributed by atoms with Crippen molar-refractivity contribution in [3.8, 4) is 11.5 Å². The Hall–Kier alpha value is -2.78. The number of aliphatic imine (C=N–C) groups is 1. The van der Waals surface area contributed by atoms with Crippen LogP contribution in [0.3, 0.4) is 0 Å². The molecule has 0 radical (unpaired) electrons. The van der Waals surface area contributed by atoms with Gasteiger partial charge in [0, 0.05) is 0 Å². The minimum Gasteiger partial charge on any atom is -0.496 e. The smallest absolute Gasteiger partial charge is 0.429 e. The molecule has 1 unspecified atom stereocenters. The van der Waals surface area contributed by atoms with Gasteiger partial charge in [0.1, 0.15) is 5.75 Å². The second-order valence-electron chi connectivity index (χ2n) is 4.47. The van der Waals surface area contributed by atoms with Crippen LogP contribution in [-0.2, 0) is 4.79 Å². The highest BCUT2D eigenvalue weighted by Gasteiger charge is 2.49. The number of carbonyl (C=O) groups excluding carboxylic acids is 1. The lowest BCUT2D eigenvalue weighted by Gasteiger charge is -2.28. The van der Waals surface area contributed by atoms with Crippen LogP contribution in [0.4, 0.5) is 17.6 Å². The predicted octanol–water partition coefficient (Wildman–Crippen LogP) is 1.34. The van der Waals surface area contributed by atoms with E-state index in [-0.39, 0.29) is 11.3 Å². The summed E-state index contributed by atoms with van der Waals surface area (Å²) in [6.07, 6.45) is -6.88. The van der Waals surface area contributed by atoms with Crippen LogP contribution in [0.2, 0.25) is 0 Å². The number of alkyl halides is 3. The number of nitrogens with two attached hydrogens (primary N) is 2. The number of guanidine groups is 1. The van der Waals surface area contributed by atoms with Crippen LogP contribution in [0.25, 0.3) is 6.08 Å². The van der Waals surface area contributed by atoms with E-state index in [1.54, 1.807) is 0 Å². The van der Waals surface area contributed by atoms with E-state index in [1.807, 2.05) is 0 Å². The fourth-order valence-electron chi connectivity index (χ4n) is 2.00. The Labute approximate surface area is 127 Å². The number of benzene rings is 1. The summed E-state index contributed by atoms with van der Waals surface area (Å²) in [5.74, 6) is -3.73. The largest absolute Gasteiger partial charge is 0.496 e. The second-order valence-corrected chi connectivity index (χ2v) is 4.47. The number of amides is 1. The van der Waals surface area contributed by atoms with Gasteiger partial charge in [-0.25, -0.2) is 4.39 Å². The van der Waals surface area contributed by atoms with Crippen LogP contribution < -0.4 is 20.9 Å². The van der Waals surface area contributed by atoms with E-state index < -0.39 is 41.3 Å². The highest BCUT2D eigenvalue weighted by atomic mass is 19.4. The quantitative estimate of drug-likeness (QED) is 0.483. The third-order valence-electron chi connectivity index (χ3n) is 2.92. The number of nitrogens with zero attached hydrogens (tertiary/aromatic N) is 1. The number of carbonyl (C=O) groups is 1. The maximum atomic E-state index is 13.8. The lowest BCUT2D eigenvalue weighted by molar-refractivity contribution is -0.185. The van der Waals surface area contributed by atoms with Crippen molar-refractivity contribution in [3.63, 3.8) is 0 Å². The zero-order chi connectivity index (χ0) is 17.4. The molecule has 1 atom stereocenters. The zero-order valence-electron chi connectivity index (χ0n) is 11.6. The van der Waals surface area contributed by atoms with Crippen molar-refractivity contribution in [2.24, 2.45) is 16.5 Å². The molecule has 6 nitrogen and oxygen atoms in total. The van der Waals surface area contributed by atoms with E-state index in [1.165, 1.54) is 13.2 Å². The number of rotatable bonds is 2. The number of hydrogen-bond acceptors (Lipinski definition) is 3. The predicted molar refractivity (Wildman–Crippen MR) is 72.2 cm³/mol. The molecular weight excluding hydrogens is 322 g/mol. The fourth-order valence-corrected chi connectivity index (χ4v) is 2.00. The van der Waals surface area contributed by atoms with Gasteiger partial charge in [-0.05, 0) is 18.2 Å². The Morgan fingerprint density at radius 2 is 2.00 bits per heavy atom. The van der Waals surface area contributed by atoms with E-state index in [0.29, 0.717) is 0 Å². The first-order chi connectivity index (χ1) is 10.6. The molecule has 1 aromatic carbocycles. The topological polar surface area (TPSA) is 99.9 Å². The average Bonchev–Trinajstić information content (AvgIpc) is 2.45. The van der Waals surface area contributed by atoms with Gasteiger partial charge in [-0.15, -0.1) is 0 Å². The first-order valence-electron chi connectivity index (χ1n) is 6.10. The fraction of sp³-hybridized carbons (Fsp3) is 0.231. The first-order valence-corrected chi connectivity index (χ1v) is 6.10. The maximum Gasteiger partial charge on any atom is 0.429 e. The van der Waals surface area contributed by atoms with Gasteiger partial charge >= 0.3 is 6.18 Å². The van der Waals surface area contributed by atoms with Crippen molar-refractivity contribution < 1.29 is 31.8 Å². The maximum absolute atomic E-state index is 13.8. The van der Waals surface area contributed by atoms with Gasteiger partial charge in [0.15, 0.2) is 17.5 Å². The number of fused-ring (bicyclic) bond motifs is 1. The number of hydrogen-bond donors (Lipinski definition) is 2. The normalized spacial score (nSPS) is 16.7. The van der Waals surface area contributed by atoms with E-state index in [2.05, 4.69) is 9.73 Å². The average molecular weight is 333 g/mol. The number of halogens is 4. The van der Waals surface area contributed by atoms with Crippen molar-refractivity contribution in [3.05, 3.63) is 29.1 Å². The molecule has 0 aliphatic carbocycles. The summed E-state index contributed by atoms with van der Waals surface area (Å²) in [4.78, 5) is 14.9. The zero-order valence-corrected chi connectivity index (χ0v) is 11.6. The van der Waals surface area contributed by atoms with Crippen molar-refractivity contribution >= 4 is 17.9 Å². The van der Waals surface area contributed by atoms with Crippen molar-refractivity contribution in [1.29, 1.82) is 0 Å². The Morgan fingerprint density at radius 3 is 2.52 bits per heavy atom. The SMILES string of the molecule is COc1ccc(F)c2c1C=C(C(=O)N=C(N)N)C(C(F)(F)F)O2. The lowest BCUT2D eigenvalue weighted by atomic mass is 9.99. The summed E-state index contributed by atoms with van der Waals surface area (Å²) < 4.78 is 62.7. The summed E-state index contributed by atoms with van der Waals surface area (Å²) in [7, 11) is 1.23. The molecule has 2 rings (SSSR count). The van der Waals surface area contributed by atoms with Crippen LogP contribution in [0.1, 0.15) is 5.56 Å². The molecule has 1 aromatic rings. The third kappa shape index (κ3) is 3.20. The van der Waals surface area contributed by atoms with E-state index in [0.717, 1.165) is 12.1 Å². The number of methoxy groups -OCH3 is 1. The molecule has 1 heterocycles. The third-order valence-corrected chi connectivity index (χ3v) is 2.92. The molecule has 0 saturated heterocycles. The molecule has 10 heteroatoms. The Morgan fingerprint density at radius 1 is 1.35 bits per heavy atom. The van der Waals surface area contributed by atoms with Crippen molar-refractivity contribution in [1.82, 2.24) is 0 Å². The van der Waals surface area contributed by atoms with Crippen LogP contribution in [-0.4, -0.2) is 31.3 Å². The highest BCUT2D eigenvalue weighted by Crippen LogP contribution is 2.42. The molecule has 0 fully saturated rings. The summed E-state index contributed by atoms with van der Waals surface area (Å²) in [5.41, 5.74) is 8.97. The summed E-state index contributed by atoms with van der Waals surface area (Å²) in [6, 6.07) is 2.08. The van der Waals surface area contributed by atoms with Gasteiger partial charge in [-0.1, -0.05) is 0 Å². The second kappa shape index (κ2) is 5.78. The van der Waals surface area contributed by atoms with Gasteiger partial charge < -0.3 is 20.9 Å². The Kier molecular flexibility index (Phi) is 4.17. The molecule has 1 aliphatic rings. The van der Waals surface area contributed by atoms with E-state index in [4.69, 9.17) is 16.2 Å². The summed E-state index contributed by atoms with van der Waals surface area (Å²) in [5, 5.41) is 0. The molecular formula is C13H11F4N3O3. The molecule has 0 bridgehead atoms. The molecule has 1 amide bonds. The van der Waals surface area contributed by atoms with Crippen LogP contribution in [0, 0.1) is 5.82 Å². The van der Waals surface area contributed by atoms with Gasteiger partial charge in [-0.3, -0.25) is 4.79 Å². The van der Waals surface area contributed by atoms with Gasteiger partial charge in [0.2, 0.25) is 6.10 Å². The summed E-state index contributed by atoms with van der Waals surface area (Å²) in [6.45, 7) is 0. The monoisotopic (exact) mass is 333 g/mol. The number of ether oxygens (including phenoxy) is 2. The van der Waals surface area contributed by atoms with Crippen LogP contribution >= 0.6 is 0 Å². The highest BCUT2D eigenvalue weighted by molar-refractivity contribution is 6.06. The van der Waals surface area contributed by atoms with Gasteiger partial charge in [0.05, 0.1) is 18.2 Å². The van der Waals surface area contributed by atoms with E-state index in [9.17, 15) is 22.4 Å². The Balaban J connectivity index is 2.66. The molecule has 0 spiro atoms. The lowest BCUT2D eigenvalue weighted by Crippen LogP contribution is -2.41. The van der Waals surface area contributed by atoms with Crippen molar-refractivity contribution in [2.45, 2.75) is 12.3 Å². The molecule has 1 aliphatic heterocycles. The van der Waals surface area contributed by atoms with Crippen molar-refractivity contribution in [2.75, 3.05) is 7.11 Å². The molecule has 23 heavy (non-hydrogen) atoms. The van der Waals surface area contributed by atoms with Crippen LogP contribution in [0.5, 0.6) is 11.5 Å². The Bertz CT molecular complexity index is 709. The van der Waals surface area contributed by atoms with Gasteiger partial charge in [0.25, 0.3) is 5.91 Å². The summed E-state index contributed by atoms with van der Waals surface area (Å²) >= 11 is 0. The molecule has 0 saturated carbocycles. The molecule has 0 aromatic heterocycles. The minimum absolute atomic E-state index is 0.0250.